The summed E-state index contributed by atoms with van der Waals surface area (Å²) in [5.41, 5.74) is 1.65. The highest BCUT2D eigenvalue weighted by Gasteiger charge is 2.37. The van der Waals surface area contributed by atoms with Gasteiger partial charge < -0.3 is 0 Å². The van der Waals surface area contributed by atoms with Gasteiger partial charge in [0.05, 0.1) is 5.25 Å². The molecule has 2 bridgehead atoms. The Hall–Kier alpha value is -0.310. The molecule has 2 unspecified atom stereocenters. The summed E-state index contributed by atoms with van der Waals surface area (Å²) in [5.74, 6) is 0.591. The molecule has 0 saturated heterocycles. The van der Waals surface area contributed by atoms with Crippen molar-refractivity contribution in [3.05, 3.63) is 11.6 Å². The van der Waals surface area contributed by atoms with Crippen LogP contribution in [0, 0.1) is 11.3 Å². The third-order valence-corrected chi connectivity index (χ3v) is 5.22. The van der Waals surface area contributed by atoms with Gasteiger partial charge in [-0.1, -0.05) is 25.5 Å². The van der Waals surface area contributed by atoms with Gasteiger partial charge in [0, 0.05) is 6.26 Å². The number of hydrogen-bond donors (Lipinski definition) is 0. The molecule has 2 aliphatic rings. The van der Waals surface area contributed by atoms with Crippen LogP contribution in [0.3, 0.4) is 0 Å². The van der Waals surface area contributed by atoms with Crippen molar-refractivity contribution in [1.82, 2.24) is 0 Å². The smallest absolute Gasteiger partial charge is 0.150 e. The number of fused-ring (bicyclic) bond motifs is 2. The van der Waals surface area contributed by atoms with Gasteiger partial charge in [0.1, 0.15) is 0 Å². The predicted octanol–water partition coefficient (Wildman–Crippen LogP) is 2.56. The summed E-state index contributed by atoms with van der Waals surface area (Å²) in [6.45, 7) is 4.50. The minimum atomic E-state index is -2.85. The van der Waals surface area contributed by atoms with Crippen molar-refractivity contribution < 1.29 is 8.42 Å². The third kappa shape index (κ3) is 2.44. The zero-order chi connectivity index (χ0) is 11.3. The van der Waals surface area contributed by atoms with Gasteiger partial charge in [0.15, 0.2) is 9.84 Å². The van der Waals surface area contributed by atoms with E-state index in [1.807, 2.05) is 0 Å². The fourth-order valence-corrected chi connectivity index (χ4v) is 4.38. The van der Waals surface area contributed by atoms with Crippen LogP contribution in [0.5, 0.6) is 0 Å². The van der Waals surface area contributed by atoms with Crippen molar-refractivity contribution in [1.29, 1.82) is 0 Å². The van der Waals surface area contributed by atoms with Gasteiger partial charge in [0.2, 0.25) is 0 Å². The second kappa shape index (κ2) is 3.34. The van der Waals surface area contributed by atoms with E-state index in [0.29, 0.717) is 5.92 Å². The molecule has 0 spiro atoms. The minimum absolute atomic E-state index is 0.112. The van der Waals surface area contributed by atoms with Crippen LogP contribution in [0.25, 0.3) is 0 Å². The molecule has 2 aliphatic carbocycles. The molecule has 0 N–H and O–H groups in total. The van der Waals surface area contributed by atoms with Crippen LogP contribution in [-0.2, 0) is 9.84 Å². The summed E-state index contributed by atoms with van der Waals surface area (Å²) >= 11 is 0. The van der Waals surface area contributed by atoms with Crippen molar-refractivity contribution in [2.75, 3.05) is 6.26 Å². The van der Waals surface area contributed by atoms with E-state index in [2.05, 4.69) is 19.9 Å². The molecule has 3 heteroatoms. The highest BCUT2D eigenvalue weighted by Crippen LogP contribution is 2.45. The summed E-state index contributed by atoms with van der Waals surface area (Å²) in [4.78, 5) is 0. The Labute approximate surface area is 92.7 Å². The molecule has 86 valence electrons. The highest BCUT2D eigenvalue weighted by atomic mass is 32.2. The molecule has 0 heterocycles. The molecular weight excluding hydrogens is 208 g/mol. The first-order valence-electron chi connectivity index (χ1n) is 5.66. The first-order valence-corrected chi connectivity index (χ1v) is 7.61. The number of hydrogen-bond acceptors (Lipinski definition) is 2. The van der Waals surface area contributed by atoms with Gasteiger partial charge in [-0.25, -0.2) is 8.42 Å². The Balaban J connectivity index is 2.25. The van der Waals surface area contributed by atoms with E-state index in [4.69, 9.17) is 0 Å². The maximum atomic E-state index is 11.6. The summed E-state index contributed by atoms with van der Waals surface area (Å²) < 4.78 is 23.1. The molecule has 1 fully saturated rings. The fourth-order valence-electron chi connectivity index (χ4n) is 3.24. The van der Waals surface area contributed by atoms with E-state index in [1.54, 1.807) is 0 Å². The normalized spacial score (nSPS) is 34.7. The zero-order valence-corrected chi connectivity index (χ0v) is 10.6. The van der Waals surface area contributed by atoms with Gasteiger partial charge in [0.25, 0.3) is 0 Å². The van der Waals surface area contributed by atoms with Crippen LogP contribution in [0.1, 0.15) is 39.5 Å². The molecule has 2 rings (SSSR count). The van der Waals surface area contributed by atoms with E-state index in [0.717, 1.165) is 25.7 Å². The number of rotatable bonds is 1. The van der Waals surface area contributed by atoms with Crippen LogP contribution in [0.15, 0.2) is 11.6 Å². The van der Waals surface area contributed by atoms with E-state index in [9.17, 15) is 8.42 Å². The van der Waals surface area contributed by atoms with Crippen molar-refractivity contribution in [3.8, 4) is 0 Å². The van der Waals surface area contributed by atoms with E-state index < -0.39 is 9.84 Å². The van der Waals surface area contributed by atoms with Crippen LogP contribution < -0.4 is 0 Å². The maximum Gasteiger partial charge on any atom is 0.150 e. The highest BCUT2D eigenvalue weighted by molar-refractivity contribution is 7.91. The Kier molecular flexibility index (Phi) is 2.49. The zero-order valence-electron chi connectivity index (χ0n) is 9.79. The Morgan fingerprint density at radius 1 is 1.33 bits per heavy atom. The van der Waals surface area contributed by atoms with Crippen molar-refractivity contribution in [2.24, 2.45) is 11.3 Å². The Morgan fingerprint density at radius 3 is 2.53 bits per heavy atom. The summed E-state index contributed by atoms with van der Waals surface area (Å²) in [7, 11) is -2.85. The second-order valence-corrected chi connectivity index (χ2v) is 8.28. The van der Waals surface area contributed by atoms with Crippen molar-refractivity contribution >= 4 is 9.84 Å². The number of sulfone groups is 1. The van der Waals surface area contributed by atoms with E-state index in [1.165, 1.54) is 11.8 Å². The first-order chi connectivity index (χ1) is 6.76. The molecular formula is C12H20O2S. The summed E-state index contributed by atoms with van der Waals surface area (Å²) in [6.07, 6.45) is 7.61. The topological polar surface area (TPSA) is 34.1 Å². The van der Waals surface area contributed by atoms with E-state index >= 15 is 0 Å². The average Bonchev–Trinajstić information content (AvgIpc) is 1.97. The lowest BCUT2D eigenvalue weighted by molar-refractivity contribution is 0.264. The Morgan fingerprint density at radius 2 is 2.00 bits per heavy atom. The molecule has 15 heavy (non-hydrogen) atoms. The monoisotopic (exact) mass is 228 g/mol. The van der Waals surface area contributed by atoms with Gasteiger partial charge in [-0.15, -0.1) is 0 Å². The van der Waals surface area contributed by atoms with Crippen LogP contribution in [0.2, 0.25) is 0 Å². The molecule has 1 saturated carbocycles. The van der Waals surface area contributed by atoms with Gasteiger partial charge in [-0.05, 0) is 37.0 Å². The quantitative estimate of drug-likeness (QED) is 0.646. The molecule has 0 aromatic rings. The van der Waals surface area contributed by atoms with Gasteiger partial charge >= 0.3 is 0 Å². The standard InChI is InChI=1S/C12H20O2S/c1-12(2)7-9-4-10(8-12)6-11(5-9)15(3,13)14/h7,10-11H,4-6,8H2,1-3H3. The summed E-state index contributed by atoms with van der Waals surface area (Å²) in [5, 5.41) is -0.112. The molecule has 2 nitrogen and oxygen atoms in total. The SMILES string of the molecule is CC1(C)C=C2CC(CC(S(C)(=O)=O)C2)C1. The first kappa shape index (κ1) is 11.2. The van der Waals surface area contributed by atoms with Gasteiger partial charge in [-0.2, -0.15) is 0 Å². The molecule has 2 atom stereocenters. The van der Waals surface area contributed by atoms with Crippen LogP contribution in [0.4, 0.5) is 0 Å². The second-order valence-electron chi connectivity index (χ2n) is 5.96. The van der Waals surface area contributed by atoms with Gasteiger partial charge in [-0.3, -0.25) is 0 Å². The van der Waals surface area contributed by atoms with Crippen molar-refractivity contribution in [2.45, 2.75) is 44.8 Å². The third-order valence-electron chi connectivity index (χ3n) is 3.65. The minimum Gasteiger partial charge on any atom is -0.229 e. The predicted molar refractivity (Wildman–Crippen MR) is 62.5 cm³/mol. The number of allylic oxidation sites excluding steroid dienone is 2. The maximum absolute atomic E-state index is 11.6. The average molecular weight is 228 g/mol. The van der Waals surface area contributed by atoms with Crippen LogP contribution >= 0.6 is 0 Å². The lowest BCUT2D eigenvalue weighted by atomic mass is 9.68. The van der Waals surface area contributed by atoms with E-state index in [-0.39, 0.29) is 10.7 Å². The lowest BCUT2D eigenvalue weighted by Crippen LogP contribution is -2.34. The molecule has 0 aliphatic heterocycles. The molecule has 0 aromatic carbocycles. The van der Waals surface area contributed by atoms with Crippen molar-refractivity contribution in [3.63, 3.8) is 0 Å². The van der Waals surface area contributed by atoms with Crippen LogP contribution in [-0.4, -0.2) is 19.9 Å². The summed E-state index contributed by atoms with van der Waals surface area (Å²) in [6, 6.07) is 0. The Bertz CT molecular complexity index is 390. The largest absolute Gasteiger partial charge is 0.229 e. The molecule has 0 amide bonds. The molecule has 0 aromatic heterocycles. The molecule has 0 radical (unpaired) electrons. The fraction of sp³-hybridized carbons (Fsp3) is 0.833. The lowest BCUT2D eigenvalue weighted by Gasteiger charge is -2.40.